The second-order valence-corrected chi connectivity index (χ2v) is 5.87. The highest BCUT2D eigenvalue weighted by atomic mass is 79.9. The van der Waals surface area contributed by atoms with Gasteiger partial charge in [0.25, 0.3) is 11.8 Å². The quantitative estimate of drug-likeness (QED) is 0.678. The Balaban J connectivity index is 1.71. The number of hydrogen-bond acceptors (Lipinski definition) is 3. The molecule has 0 radical (unpaired) electrons. The van der Waals surface area contributed by atoms with Gasteiger partial charge < -0.3 is 4.57 Å². The topological polar surface area (TPSA) is 76.0 Å². The highest BCUT2D eigenvalue weighted by Crippen LogP contribution is 2.13. The van der Waals surface area contributed by atoms with Crippen LogP contribution in [-0.2, 0) is 7.05 Å². The second kappa shape index (κ2) is 6.21. The molecule has 0 saturated heterocycles. The first-order chi connectivity index (χ1) is 11.0. The molecule has 0 saturated carbocycles. The summed E-state index contributed by atoms with van der Waals surface area (Å²) in [5, 5.41) is 0.946. The summed E-state index contributed by atoms with van der Waals surface area (Å²) in [4.78, 5) is 28.4. The molecule has 1 aromatic carbocycles. The predicted molar refractivity (Wildman–Crippen MR) is 89.8 cm³/mol. The van der Waals surface area contributed by atoms with E-state index in [4.69, 9.17) is 0 Å². The molecule has 2 amide bonds. The number of carbonyl (C=O) groups excluding carboxylic acids is 2. The number of aryl methyl sites for hydroxylation is 1. The zero-order valence-corrected chi connectivity index (χ0v) is 13.8. The predicted octanol–water partition coefficient (Wildman–Crippen LogP) is 2.41. The molecule has 23 heavy (non-hydrogen) atoms. The molecule has 3 aromatic rings. The lowest BCUT2D eigenvalue weighted by molar-refractivity contribution is 0.0839. The van der Waals surface area contributed by atoms with Crippen LogP contribution in [-0.4, -0.2) is 21.4 Å². The number of hydrogen-bond donors (Lipinski definition) is 2. The largest absolute Gasteiger partial charge is 0.345 e. The number of benzene rings is 1. The van der Waals surface area contributed by atoms with Crippen molar-refractivity contribution in [1.82, 2.24) is 20.4 Å². The fraction of sp³-hybridized carbons (Fsp3) is 0.0625. The first-order valence-corrected chi connectivity index (χ1v) is 7.62. The standard InChI is InChI=1S/C16H13BrN4O2/c1-21-9-11(17)8-14(21)16(23)20-19-15(22)13-7-6-10-4-2-3-5-12(10)18-13/h2-9H,1H3,(H,19,22)(H,20,23). The summed E-state index contributed by atoms with van der Waals surface area (Å²) in [7, 11) is 1.74. The lowest BCUT2D eigenvalue weighted by Gasteiger charge is -2.08. The molecule has 0 aliphatic carbocycles. The van der Waals surface area contributed by atoms with Gasteiger partial charge in [-0.15, -0.1) is 0 Å². The van der Waals surface area contributed by atoms with Gasteiger partial charge in [0.2, 0.25) is 0 Å². The van der Waals surface area contributed by atoms with Gasteiger partial charge in [0.15, 0.2) is 0 Å². The van der Waals surface area contributed by atoms with E-state index in [-0.39, 0.29) is 5.69 Å². The number of nitrogens with zero attached hydrogens (tertiary/aromatic N) is 2. The molecule has 0 atom stereocenters. The van der Waals surface area contributed by atoms with E-state index < -0.39 is 11.8 Å². The maximum atomic E-state index is 12.1. The third-order valence-electron chi connectivity index (χ3n) is 3.32. The summed E-state index contributed by atoms with van der Waals surface area (Å²) < 4.78 is 2.44. The smallest absolute Gasteiger partial charge is 0.288 e. The molecular weight excluding hydrogens is 360 g/mol. The molecule has 7 heteroatoms. The van der Waals surface area contributed by atoms with Gasteiger partial charge in [0, 0.05) is 23.1 Å². The molecule has 0 bridgehead atoms. The van der Waals surface area contributed by atoms with Crippen molar-refractivity contribution in [2.75, 3.05) is 0 Å². The van der Waals surface area contributed by atoms with Crippen molar-refractivity contribution in [2.24, 2.45) is 7.05 Å². The van der Waals surface area contributed by atoms with Crippen LogP contribution >= 0.6 is 15.9 Å². The van der Waals surface area contributed by atoms with Crippen molar-refractivity contribution in [3.05, 3.63) is 64.5 Å². The van der Waals surface area contributed by atoms with Crippen LogP contribution in [0, 0.1) is 0 Å². The fourth-order valence-electron chi connectivity index (χ4n) is 2.18. The van der Waals surface area contributed by atoms with Crippen molar-refractivity contribution in [1.29, 1.82) is 0 Å². The molecule has 2 aromatic heterocycles. The van der Waals surface area contributed by atoms with E-state index >= 15 is 0 Å². The second-order valence-electron chi connectivity index (χ2n) is 4.95. The van der Waals surface area contributed by atoms with Gasteiger partial charge in [-0.05, 0) is 34.1 Å². The number of aromatic nitrogens is 2. The first-order valence-electron chi connectivity index (χ1n) is 6.83. The maximum Gasteiger partial charge on any atom is 0.288 e. The van der Waals surface area contributed by atoms with Gasteiger partial charge in [-0.3, -0.25) is 20.4 Å². The molecule has 2 heterocycles. The average Bonchev–Trinajstić information content (AvgIpc) is 2.90. The van der Waals surface area contributed by atoms with E-state index in [9.17, 15) is 9.59 Å². The zero-order valence-electron chi connectivity index (χ0n) is 12.2. The third kappa shape index (κ3) is 3.24. The van der Waals surface area contributed by atoms with Crippen LogP contribution in [0.4, 0.5) is 0 Å². The summed E-state index contributed by atoms with van der Waals surface area (Å²) in [6.45, 7) is 0. The van der Waals surface area contributed by atoms with Crippen LogP contribution in [0.1, 0.15) is 21.0 Å². The lowest BCUT2D eigenvalue weighted by atomic mass is 10.2. The molecule has 6 nitrogen and oxygen atoms in total. The Morgan fingerprint density at radius 1 is 1.09 bits per heavy atom. The molecule has 0 spiro atoms. The maximum absolute atomic E-state index is 12.1. The summed E-state index contributed by atoms with van der Waals surface area (Å²) in [6.07, 6.45) is 1.75. The van der Waals surface area contributed by atoms with E-state index in [0.29, 0.717) is 5.69 Å². The fourth-order valence-corrected chi connectivity index (χ4v) is 2.71. The Bertz CT molecular complexity index is 904. The number of pyridine rings is 1. The Morgan fingerprint density at radius 3 is 2.57 bits per heavy atom. The minimum absolute atomic E-state index is 0.233. The van der Waals surface area contributed by atoms with Crippen LogP contribution in [0.3, 0.4) is 0 Å². The number of rotatable bonds is 2. The first kappa shape index (κ1) is 15.2. The van der Waals surface area contributed by atoms with E-state index in [2.05, 4.69) is 31.8 Å². The van der Waals surface area contributed by atoms with E-state index in [1.807, 2.05) is 30.3 Å². The number of halogens is 1. The lowest BCUT2D eigenvalue weighted by Crippen LogP contribution is -2.42. The Kier molecular flexibility index (Phi) is 4.12. The number of amides is 2. The van der Waals surface area contributed by atoms with Gasteiger partial charge >= 0.3 is 0 Å². The highest BCUT2D eigenvalue weighted by Gasteiger charge is 2.13. The summed E-state index contributed by atoms with van der Waals surface area (Å²) in [6, 6.07) is 12.6. The van der Waals surface area contributed by atoms with Crippen LogP contribution in [0.25, 0.3) is 10.9 Å². The van der Waals surface area contributed by atoms with Crippen molar-refractivity contribution in [2.45, 2.75) is 0 Å². The molecule has 0 unspecified atom stereocenters. The van der Waals surface area contributed by atoms with Gasteiger partial charge in [-0.2, -0.15) is 0 Å². The number of carbonyl (C=O) groups is 2. The van der Waals surface area contributed by atoms with Crippen molar-refractivity contribution >= 4 is 38.6 Å². The van der Waals surface area contributed by atoms with Gasteiger partial charge in [0.05, 0.1) is 5.52 Å². The van der Waals surface area contributed by atoms with E-state index in [1.165, 1.54) is 0 Å². The average molecular weight is 373 g/mol. The molecule has 116 valence electrons. The summed E-state index contributed by atoms with van der Waals surface area (Å²) >= 11 is 3.29. The number of hydrazine groups is 1. The summed E-state index contributed by atoms with van der Waals surface area (Å²) in [5.74, 6) is -0.885. The van der Waals surface area contributed by atoms with Crippen LogP contribution in [0.15, 0.2) is 53.1 Å². The van der Waals surface area contributed by atoms with Crippen LogP contribution < -0.4 is 10.9 Å². The number of fused-ring (bicyclic) bond motifs is 1. The van der Waals surface area contributed by atoms with Gasteiger partial charge in [-0.25, -0.2) is 4.98 Å². The summed E-state index contributed by atoms with van der Waals surface area (Å²) in [5.41, 5.74) is 6.12. The Labute approximate surface area is 140 Å². The van der Waals surface area contributed by atoms with E-state index in [1.54, 1.807) is 29.9 Å². The SMILES string of the molecule is Cn1cc(Br)cc1C(=O)NNC(=O)c1ccc2ccccc2n1. The highest BCUT2D eigenvalue weighted by molar-refractivity contribution is 9.10. The van der Waals surface area contributed by atoms with Gasteiger partial charge in [-0.1, -0.05) is 24.3 Å². The number of nitrogens with one attached hydrogen (secondary N) is 2. The molecule has 2 N–H and O–H groups in total. The van der Waals surface area contributed by atoms with Gasteiger partial charge in [0.1, 0.15) is 11.4 Å². The monoisotopic (exact) mass is 372 g/mol. The third-order valence-corrected chi connectivity index (χ3v) is 3.76. The zero-order chi connectivity index (χ0) is 16.4. The molecular formula is C16H13BrN4O2. The Morgan fingerprint density at radius 2 is 1.83 bits per heavy atom. The van der Waals surface area contributed by atoms with E-state index in [0.717, 1.165) is 15.4 Å². The van der Waals surface area contributed by atoms with Crippen LogP contribution in [0.2, 0.25) is 0 Å². The molecule has 0 aliphatic heterocycles. The number of para-hydroxylation sites is 1. The Hall–Kier alpha value is -2.67. The van der Waals surface area contributed by atoms with Crippen molar-refractivity contribution in [3.63, 3.8) is 0 Å². The normalized spacial score (nSPS) is 10.5. The minimum Gasteiger partial charge on any atom is -0.345 e. The van der Waals surface area contributed by atoms with Crippen molar-refractivity contribution in [3.8, 4) is 0 Å². The van der Waals surface area contributed by atoms with Crippen molar-refractivity contribution < 1.29 is 9.59 Å². The molecule has 0 aliphatic rings. The van der Waals surface area contributed by atoms with Crippen LogP contribution in [0.5, 0.6) is 0 Å². The molecule has 3 rings (SSSR count). The minimum atomic E-state index is -0.475. The molecule has 0 fully saturated rings.